The first-order valence-corrected chi connectivity index (χ1v) is 6.72. The van der Waals surface area contributed by atoms with E-state index in [1.54, 1.807) is 4.68 Å². The smallest absolute Gasteiger partial charge is 0.0640 e. The summed E-state index contributed by atoms with van der Waals surface area (Å²) in [6.45, 7) is 4.49. The van der Waals surface area contributed by atoms with Crippen molar-refractivity contribution >= 4 is 0 Å². The van der Waals surface area contributed by atoms with Crippen LogP contribution in [0.5, 0.6) is 0 Å². The van der Waals surface area contributed by atoms with E-state index in [9.17, 15) is 0 Å². The summed E-state index contributed by atoms with van der Waals surface area (Å²) >= 11 is 0. The molecule has 102 valence electrons. The Kier molecular flexibility index (Phi) is 5.12. The maximum absolute atomic E-state index is 8.82. The predicted molar refractivity (Wildman–Crippen MR) is 75.7 cm³/mol. The Morgan fingerprint density at radius 2 is 1.79 bits per heavy atom. The molecule has 2 rings (SSSR count). The van der Waals surface area contributed by atoms with Crippen molar-refractivity contribution in [1.82, 2.24) is 15.1 Å². The second-order valence-corrected chi connectivity index (χ2v) is 4.61. The van der Waals surface area contributed by atoms with Crippen LogP contribution in [0.3, 0.4) is 0 Å². The van der Waals surface area contributed by atoms with Gasteiger partial charge < -0.3 is 10.4 Å². The molecular weight excluding hydrogens is 238 g/mol. The van der Waals surface area contributed by atoms with E-state index in [-0.39, 0.29) is 6.61 Å². The Balaban J connectivity index is 1.78. The average molecular weight is 259 g/mol. The van der Waals surface area contributed by atoms with Gasteiger partial charge in [-0.15, -0.1) is 0 Å². The normalized spacial score (nSPS) is 10.8. The Labute approximate surface area is 114 Å². The number of aliphatic hydroxyl groups excluding tert-OH is 1. The predicted octanol–water partition coefficient (Wildman–Crippen LogP) is 1.73. The summed E-state index contributed by atoms with van der Waals surface area (Å²) < 4.78 is 1.76. The molecule has 0 fully saturated rings. The minimum atomic E-state index is 0.123. The zero-order valence-corrected chi connectivity index (χ0v) is 11.3. The lowest BCUT2D eigenvalue weighted by Gasteiger charge is -2.04. The number of hydrogen-bond donors (Lipinski definition) is 2. The standard InChI is InChI=1S/C15H21N3O/c1-2-13-3-5-14(6-4-13)9-16-10-15-11-17-18(12-15)7-8-19/h3-6,11-12,16,19H,2,7-10H2,1H3. The summed E-state index contributed by atoms with van der Waals surface area (Å²) in [5, 5.41) is 16.4. The van der Waals surface area contributed by atoms with Crippen LogP contribution < -0.4 is 5.32 Å². The van der Waals surface area contributed by atoms with Crippen molar-refractivity contribution in [3.63, 3.8) is 0 Å². The molecule has 19 heavy (non-hydrogen) atoms. The summed E-state index contributed by atoms with van der Waals surface area (Å²) in [7, 11) is 0. The van der Waals surface area contributed by atoms with Gasteiger partial charge in [-0.1, -0.05) is 31.2 Å². The van der Waals surface area contributed by atoms with Crippen molar-refractivity contribution in [1.29, 1.82) is 0 Å². The van der Waals surface area contributed by atoms with Gasteiger partial charge in [-0.3, -0.25) is 4.68 Å². The Hall–Kier alpha value is -1.65. The second kappa shape index (κ2) is 7.07. The molecule has 1 heterocycles. The molecule has 0 aliphatic rings. The molecule has 2 N–H and O–H groups in total. The molecule has 0 aliphatic heterocycles. The van der Waals surface area contributed by atoms with E-state index in [0.29, 0.717) is 6.54 Å². The van der Waals surface area contributed by atoms with Crippen LogP contribution >= 0.6 is 0 Å². The van der Waals surface area contributed by atoms with Crippen LogP contribution in [0.25, 0.3) is 0 Å². The Bertz CT molecular complexity index is 490. The van der Waals surface area contributed by atoms with Crippen LogP contribution in [-0.4, -0.2) is 21.5 Å². The molecule has 1 aromatic carbocycles. The lowest BCUT2D eigenvalue weighted by molar-refractivity contribution is 0.269. The number of nitrogens with one attached hydrogen (secondary N) is 1. The maximum Gasteiger partial charge on any atom is 0.0640 e. The second-order valence-electron chi connectivity index (χ2n) is 4.61. The highest BCUT2D eigenvalue weighted by molar-refractivity contribution is 5.22. The van der Waals surface area contributed by atoms with Gasteiger partial charge in [0, 0.05) is 24.8 Å². The lowest BCUT2D eigenvalue weighted by Crippen LogP contribution is -2.12. The minimum absolute atomic E-state index is 0.123. The van der Waals surface area contributed by atoms with Crippen LogP contribution in [0.1, 0.15) is 23.6 Å². The van der Waals surface area contributed by atoms with E-state index in [4.69, 9.17) is 5.11 Å². The number of aromatic nitrogens is 2. The van der Waals surface area contributed by atoms with E-state index >= 15 is 0 Å². The highest BCUT2D eigenvalue weighted by atomic mass is 16.3. The van der Waals surface area contributed by atoms with Crippen LogP contribution in [0.4, 0.5) is 0 Å². The number of rotatable bonds is 7. The van der Waals surface area contributed by atoms with Gasteiger partial charge >= 0.3 is 0 Å². The van der Waals surface area contributed by atoms with E-state index in [2.05, 4.69) is 41.6 Å². The van der Waals surface area contributed by atoms with Gasteiger partial charge in [-0.25, -0.2) is 0 Å². The Morgan fingerprint density at radius 3 is 2.47 bits per heavy atom. The SMILES string of the molecule is CCc1ccc(CNCc2cnn(CCO)c2)cc1. The average Bonchev–Trinajstić information content (AvgIpc) is 2.88. The fourth-order valence-electron chi connectivity index (χ4n) is 1.97. The fraction of sp³-hybridized carbons (Fsp3) is 0.400. The maximum atomic E-state index is 8.82. The first-order chi connectivity index (χ1) is 9.31. The van der Waals surface area contributed by atoms with Crippen molar-refractivity contribution in [2.75, 3.05) is 6.61 Å². The van der Waals surface area contributed by atoms with Crippen LogP contribution in [-0.2, 0) is 26.1 Å². The van der Waals surface area contributed by atoms with Crippen LogP contribution in [0, 0.1) is 0 Å². The molecule has 0 bridgehead atoms. The van der Waals surface area contributed by atoms with Gasteiger partial charge in [0.15, 0.2) is 0 Å². The number of aliphatic hydroxyl groups is 1. The third-order valence-electron chi connectivity index (χ3n) is 3.11. The third-order valence-corrected chi connectivity index (χ3v) is 3.11. The van der Waals surface area contributed by atoms with Crippen molar-refractivity contribution in [2.24, 2.45) is 0 Å². The summed E-state index contributed by atoms with van der Waals surface area (Å²) in [4.78, 5) is 0. The van der Waals surface area contributed by atoms with Gasteiger partial charge in [-0.2, -0.15) is 5.10 Å². The topological polar surface area (TPSA) is 50.1 Å². The van der Waals surface area contributed by atoms with Crippen molar-refractivity contribution in [3.8, 4) is 0 Å². The largest absolute Gasteiger partial charge is 0.394 e. The molecule has 0 aliphatic carbocycles. The van der Waals surface area contributed by atoms with Gasteiger partial charge in [0.2, 0.25) is 0 Å². The van der Waals surface area contributed by atoms with E-state index in [1.807, 2.05) is 12.4 Å². The molecule has 0 spiro atoms. The van der Waals surface area contributed by atoms with E-state index < -0.39 is 0 Å². The number of hydrogen-bond acceptors (Lipinski definition) is 3. The van der Waals surface area contributed by atoms with Crippen LogP contribution in [0.2, 0.25) is 0 Å². The minimum Gasteiger partial charge on any atom is -0.394 e. The van der Waals surface area contributed by atoms with Crippen LogP contribution in [0.15, 0.2) is 36.7 Å². The molecule has 0 amide bonds. The van der Waals surface area contributed by atoms with Gasteiger partial charge in [0.1, 0.15) is 0 Å². The van der Waals surface area contributed by atoms with Crippen molar-refractivity contribution in [2.45, 2.75) is 33.0 Å². The monoisotopic (exact) mass is 259 g/mol. The third kappa shape index (κ3) is 4.19. The summed E-state index contributed by atoms with van der Waals surface area (Å²) in [5.74, 6) is 0. The zero-order chi connectivity index (χ0) is 13.5. The summed E-state index contributed by atoms with van der Waals surface area (Å²) in [5.41, 5.74) is 3.80. The molecule has 0 saturated carbocycles. The fourth-order valence-corrected chi connectivity index (χ4v) is 1.97. The first kappa shape index (κ1) is 13.8. The molecule has 0 atom stereocenters. The van der Waals surface area contributed by atoms with E-state index in [0.717, 1.165) is 25.1 Å². The highest BCUT2D eigenvalue weighted by Gasteiger charge is 1.98. The zero-order valence-electron chi connectivity index (χ0n) is 11.3. The number of aryl methyl sites for hydroxylation is 1. The van der Waals surface area contributed by atoms with Gasteiger partial charge in [0.25, 0.3) is 0 Å². The molecule has 4 heteroatoms. The number of nitrogens with zero attached hydrogens (tertiary/aromatic N) is 2. The first-order valence-electron chi connectivity index (χ1n) is 6.72. The molecular formula is C15H21N3O. The number of benzene rings is 1. The van der Waals surface area contributed by atoms with Gasteiger partial charge in [-0.05, 0) is 17.5 Å². The summed E-state index contributed by atoms with van der Waals surface area (Å²) in [6.07, 6.45) is 4.88. The van der Waals surface area contributed by atoms with E-state index in [1.165, 1.54) is 11.1 Å². The van der Waals surface area contributed by atoms with Crippen molar-refractivity contribution < 1.29 is 5.11 Å². The molecule has 0 unspecified atom stereocenters. The summed E-state index contributed by atoms with van der Waals surface area (Å²) in [6, 6.07) is 8.69. The quantitative estimate of drug-likeness (QED) is 0.796. The van der Waals surface area contributed by atoms with Crippen molar-refractivity contribution in [3.05, 3.63) is 53.3 Å². The molecule has 4 nitrogen and oxygen atoms in total. The Morgan fingerprint density at radius 1 is 1.11 bits per heavy atom. The van der Waals surface area contributed by atoms with Gasteiger partial charge in [0.05, 0.1) is 19.3 Å². The molecule has 0 saturated heterocycles. The highest BCUT2D eigenvalue weighted by Crippen LogP contribution is 2.05. The molecule has 1 aromatic heterocycles. The lowest BCUT2D eigenvalue weighted by atomic mass is 10.1. The molecule has 2 aromatic rings. The molecule has 0 radical (unpaired) electrons.